The number of hydrogen-bond acceptors (Lipinski definition) is 4. The van der Waals surface area contributed by atoms with Crippen molar-refractivity contribution >= 4 is 23.2 Å². The van der Waals surface area contributed by atoms with Gasteiger partial charge in [-0.3, -0.25) is 4.79 Å². The molecule has 0 radical (unpaired) electrons. The van der Waals surface area contributed by atoms with E-state index in [2.05, 4.69) is 10.6 Å². The Kier molecular flexibility index (Phi) is 6.89. The maximum Gasteiger partial charge on any atom is 0.222 e. The minimum absolute atomic E-state index is 0.156. The molecule has 0 aliphatic carbocycles. The summed E-state index contributed by atoms with van der Waals surface area (Å²) >= 11 is 6.05. The van der Waals surface area contributed by atoms with Crippen molar-refractivity contribution in [1.82, 2.24) is 5.32 Å². The first-order chi connectivity index (χ1) is 12.0. The maximum atomic E-state index is 13.5. The Morgan fingerprint density at radius 2 is 1.88 bits per heavy atom. The van der Waals surface area contributed by atoms with Crippen molar-refractivity contribution in [2.24, 2.45) is 0 Å². The van der Waals surface area contributed by atoms with Crippen molar-refractivity contribution in [1.29, 1.82) is 0 Å². The smallest absolute Gasteiger partial charge is 0.222 e. The molecule has 0 atom stereocenters. The quantitative estimate of drug-likeness (QED) is 0.749. The minimum Gasteiger partial charge on any atom is -0.495 e. The van der Waals surface area contributed by atoms with Crippen molar-refractivity contribution in [2.75, 3.05) is 26.1 Å². The van der Waals surface area contributed by atoms with Crippen molar-refractivity contribution in [3.8, 4) is 11.5 Å². The van der Waals surface area contributed by atoms with Crippen LogP contribution in [-0.2, 0) is 11.3 Å². The second-order valence-corrected chi connectivity index (χ2v) is 5.64. The predicted octanol–water partition coefficient (Wildman–Crippen LogP) is 3.61. The molecular weight excluding hydrogens is 347 g/mol. The van der Waals surface area contributed by atoms with Crippen molar-refractivity contribution in [3.63, 3.8) is 0 Å². The molecule has 0 bridgehead atoms. The van der Waals surface area contributed by atoms with Gasteiger partial charge in [0.2, 0.25) is 5.91 Å². The van der Waals surface area contributed by atoms with E-state index in [1.807, 2.05) is 0 Å². The number of anilines is 1. The Morgan fingerprint density at radius 1 is 1.16 bits per heavy atom. The Hall–Kier alpha value is -2.47. The standard InChI is InChI=1S/C18H20ClFN2O3/c1-24-16-10-15(17(25-2)9-13(16)19)21-8-7-18(23)22-11-12-5-3-4-6-14(12)20/h3-6,9-10,21H,7-8,11H2,1-2H3,(H,22,23). The molecule has 0 unspecified atom stereocenters. The Bertz CT molecular complexity index is 740. The first kappa shape index (κ1) is 18.9. The van der Waals surface area contributed by atoms with Gasteiger partial charge >= 0.3 is 0 Å². The van der Waals surface area contributed by atoms with Gasteiger partial charge in [-0.25, -0.2) is 4.39 Å². The van der Waals surface area contributed by atoms with Gasteiger partial charge in [0.25, 0.3) is 0 Å². The van der Waals surface area contributed by atoms with Crippen molar-refractivity contribution in [2.45, 2.75) is 13.0 Å². The van der Waals surface area contributed by atoms with E-state index in [4.69, 9.17) is 21.1 Å². The number of benzene rings is 2. The van der Waals surface area contributed by atoms with Crippen LogP contribution in [0.3, 0.4) is 0 Å². The highest BCUT2D eigenvalue weighted by Gasteiger charge is 2.10. The van der Waals surface area contributed by atoms with E-state index < -0.39 is 0 Å². The number of amides is 1. The summed E-state index contributed by atoms with van der Waals surface area (Å²) in [5.41, 5.74) is 1.12. The second-order valence-electron chi connectivity index (χ2n) is 5.23. The average molecular weight is 367 g/mol. The number of carbonyl (C=O) groups is 1. The van der Waals surface area contributed by atoms with Crippen LogP contribution in [0.25, 0.3) is 0 Å². The molecule has 0 saturated heterocycles. The molecule has 0 spiro atoms. The van der Waals surface area contributed by atoms with Gasteiger partial charge in [0.1, 0.15) is 17.3 Å². The fourth-order valence-corrected chi connectivity index (χ4v) is 2.46. The van der Waals surface area contributed by atoms with E-state index in [0.717, 1.165) is 0 Å². The fourth-order valence-electron chi connectivity index (χ4n) is 2.23. The van der Waals surface area contributed by atoms with Gasteiger partial charge in [-0.1, -0.05) is 29.8 Å². The highest BCUT2D eigenvalue weighted by atomic mass is 35.5. The lowest BCUT2D eigenvalue weighted by molar-refractivity contribution is -0.121. The van der Waals surface area contributed by atoms with Crippen LogP contribution in [0.2, 0.25) is 5.02 Å². The van der Waals surface area contributed by atoms with Crippen LogP contribution >= 0.6 is 11.6 Å². The fraction of sp³-hybridized carbons (Fsp3) is 0.278. The van der Waals surface area contributed by atoms with Crippen LogP contribution in [0.15, 0.2) is 36.4 Å². The first-order valence-corrected chi connectivity index (χ1v) is 8.08. The number of carbonyl (C=O) groups excluding carboxylic acids is 1. The lowest BCUT2D eigenvalue weighted by atomic mass is 10.2. The van der Waals surface area contributed by atoms with Gasteiger partial charge in [0.15, 0.2) is 0 Å². The zero-order chi connectivity index (χ0) is 18.2. The molecule has 0 fully saturated rings. The summed E-state index contributed by atoms with van der Waals surface area (Å²) in [7, 11) is 3.05. The second kappa shape index (κ2) is 9.13. The summed E-state index contributed by atoms with van der Waals surface area (Å²) in [4.78, 5) is 11.9. The van der Waals surface area contributed by atoms with Gasteiger partial charge in [0, 0.05) is 37.2 Å². The number of hydrogen-bond donors (Lipinski definition) is 2. The molecule has 0 aliphatic heterocycles. The minimum atomic E-state index is -0.334. The molecule has 2 aromatic carbocycles. The van der Waals surface area contributed by atoms with Crippen LogP contribution in [0.5, 0.6) is 11.5 Å². The van der Waals surface area contributed by atoms with E-state index in [1.54, 1.807) is 30.3 Å². The van der Waals surface area contributed by atoms with E-state index in [1.165, 1.54) is 20.3 Å². The number of nitrogens with one attached hydrogen (secondary N) is 2. The molecule has 25 heavy (non-hydrogen) atoms. The molecule has 0 saturated carbocycles. The molecule has 5 nitrogen and oxygen atoms in total. The average Bonchev–Trinajstić information content (AvgIpc) is 2.61. The molecule has 2 rings (SSSR count). The Balaban J connectivity index is 1.86. The normalized spacial score (nSPS) is 10.2. The Morgan fingerprint density at radius 3 is 2.56 bits per heavy atom. The van der Waals surface area contributed by atoms with Crippen LogP contribution < -0.4 is 20.1 Å². The molecule has 1 amide bonds. The highest BCUT2D eigenvalue weighted by Crippen LogP contribution is 2.35. The van der Waals surface area contributed by atoms with E-state index in [0.29, 0.717) is 34.3 Å². The zero-order valence-corrected chi connectivity index (χ0v) is 14.8. The SMILES string of the molecule is COc1cc(NCCC(=O)NCc2ccccc2F)c(OC)cc1Cl. The van der Waals surface area contributed by atoms with Crippen LogP contribution in [-0.4, -0.2) is 26.7 Å². The molecule has 0 aromatic heterocycles. The van der Waals surface area contributed by atoms with Gasteiger partial charge < -0.3 is 20.1 Å². The van der Waals surface area contributed by atoms with Gasteiger partial charge in [-0.2, -0.15) is 0 Å². The number of ether oxygens (including phenoxy) is 2. The number of methoxy groups -OCH3 is 2. The van der Waals surface area contributed by atoms with E-state index in [9.17, 15) is 9.18 Å². The molecule has 2 N–H and O–H groups in total. The third-order valence-electron chi connectivity index (χ3n) is 3.58. The van der Waals surface area contributed by atoms with Crippen molar-refractivity contribution < 1.29 is 18.7 Å². The largest absolute Gasteiger partial charge is 0.495 e. The lowest BCUT2D eigenvalue weighted by Crippen LogP contribution is -2.25. The molecule has 0 aliphatic rings. The zero-order valence-electron chi connectivity index (χ0n) is 14.1. The lowest BCUT2D eigenvalue weighted by Gasteiger charge is -2.14. The van der Waals surface area contributed by atoms with Crippen LogP contribution in [0.4, 0.5) is 10.1 Å². The van der Waals surface area contributed by atoms with Gasteiger partial charge in [0.05, 0.1) is 24.9 Å². The summed E-state index contributed by atoms with van der Waals surface area (Å²) in [6, 6.07) is 9.69. The number of rotatable bonds is 8. The Labute approximate surface area is 151 Å². The summed E-state index contributed by atoms with van der Waals surface area (Å²) in [6.45, 7) is 0.536. The summed E-state index contributed by atoms with van der Waals surface area (Å²) in [5, 5.41) is 6.24. The van der Waals surface area contributed by atoms with Crippen LogP contribution in [0, 0.1) is 5.82 Å². The topological polar surface area (TPSA) is 59.6 Å². The summed E-state index contributed by atoms with van der Waals surface area (Å²) in [6.07, 6.45) is 0.225. The predicted molar refractivity (Wildman–Crippen MR) is 95.9 cm³/mol. The van der Waals surface area contributed by atoms with Gasteiger partial charge in [-0.05, 0) is 6.07 Å². The van der Waals surface area contributed by atoms with E-state index in [-0.39, 0.29) is 24.7 Å². The molecule has 7 heteroatoms. The summed E-state index contributed by atoms with van der Waals surface area (Å²) < 4.78 is 23.9. The maximum absolute atomic E-state index is 13.5. The molecule has 0 heterocycles. The van der Waals surface area contributed by atoms with Crippen molar-refractivity contribution in [3.05, 3.63) is 52.8 Å². The molecule has 134 valence electrons. The molecule has 2 aromatic rings. The summed E-state index contributed by atoms with van der Waals surface area (Å²) in [5.74, 6) is 0.543. The number of halogens is 2. The third-order valence-corrected chi connectivity index (χ3v) is 3.87. The highest BCUT2D eigenvalue weighted by molar-refractivity contribution is 6.32. The van der Waals surface area contributed by atoms with Crippen LogP contribution in [0.1, 0.15) is 12.0 Å². The monoisotopic (exact) mass is 366 g/mol. The third kappa shape index (κ3) is 5.26. The van der Waals surface area contributed by atoms with Gasteiger partial charge in [-0.15, -0.1) is 0 Å². The van der Waals surface area contributed by atoms with E-state index >= 15 is 0 Å². The molecular formula is C18H20ClFN2O3. The first-order valence-electron chi connectivity index (χ1n) is 7.70.